The third-order valence-electron chi connectivity index (χ3n) is 4.07. The average molecular weight is 511 g/mol. The number of hydrogen-bond acceptors (Lipinski definition) is 5. The standard InChI is InChI=1S/C19H13ClF6N4O2S/c20-13-7-12(19(24,25)26)8-28-15(13)29-30(17(27)31)16-14(4-5-33-16)32-9-10-2-1-3-11(6-10)18(21,22)23/h1-8H,9H2,(H2,27,31)(H,28,29). The number of carbonyl (C=O) groups is 1. The van der Waals surface area contributed by atoms with Gasteiger partial charge in [-0.05, 0) is 35.2 Å². The molecule has 0 unspecified atom stereocenters. The number of ether oxygens (including phenoxy) is 1. The van der Waals surface area contributed by atoms with Crippen molar-refractivity contribution in [3.05, 3.63) is 69.7 Å². The first-order chi connectivity index (χ1) is 15.4. The number of thiophene rings is 1. The topological polar surface area (TPSA) is 80.5 Å². The number of halogens is 7. The minimum absolute atomic E-state index is 0.0757. The van der Waals surface area contributed by atoms with E-state index in [1.165, 1.54) is 23.6 Å². The number of benzene rings is 1. The van der Waals surface area contributed by atoms with Gasteiger partial charge in [0.15, 0.2) is 16.6 Å². The van der Waals surface area contributed by atoms with Crippen LogP contribution in [0.15, 0.2) is 48.0 Å². The summed E-state index contributed by atoms with van der Waals surface area (Å²) in [6, 6.07) is 5.48. The number of hydrazine groups is 1. The Morgan fingerprint density at radius 3 is 2.42 bits per heavy atom. The zero-order valence-corrected chi connectivity index (χ0v) is 17.7. The molecule has 2 aromatic heterocycles. The van der Waals surface area contributed by atoms with E-state index in [2.05, 4.69) is 10.4 Å². The Morgan fingerprint density at radius 1 is 1.12 bits per heavy atom. The maximum absolute atomic E-state index is 12.9. The fourth-order valence-electron chi connectivity index (χ4n) is 2.55. The van der Waals surface area contributed by atoms with Crippen molar-refractivity contribution in [2.24, 2.45) is 5.73 Å². The van der Waals surface area contributed by atoms with Crippen LogP contribution in [-0.2, 0) is 19.0 Å². The fourth-order valence-corrected chi connectivity index (χ4v) is 3.56. The van der Waals surface area contributed by atoms with Gasteiger partial charge in [-0.1, -0.05) is 23.7 Å². The third-order valence-corrected chi connectivity index (χ3v) is 5.24. The number of nitrogens with zero attached hydrogens (tertiary/aromatic N) is 2. The Balaban J connectivity index is 1.80. The molecule has 0 saturated heterocycles. The Kier molecular flexibility index (Phi) is 6.93. The van der Waals surface area contributed by atoms with E-state index >= 15 is 0 Å². The van der Waals surface area contributed by atoms with Crippen molar-refractivity contribution in [3.63, 3.8) is 0 Å². The van der Waals surface area contributed by atoms with Gasteiger partial charge < -0.3 is 10.5 Å². The van der Waals surface area contributed by atoms with Crippen LogP contribution in [0, 0.1) is 0 Å². The SMILES string of the molecule is NC(=O)N(Nc1ncc(C(F)(F)F)cc1Cl)c1sccc1OCc1cccc(C(F)(F)F)c1. The molecule has 0 fully saturated rings. The number of rotatable bonds is 6. The summed E-state index contributed by atoms with van der Waals surface area (Å²) < 4.78 is 82.6. The zero-order valence-electron chi connectivity index (χ0n) is 16.2. The Labute approximate surface area is 191 Å². The van der Waals surface area contributed by atoms with E-state index in [9.17, 15) is 31.1 Å². The maximum atomic E-state index is 12.9. The van der Waals surface area contributed by atoms with Gasteiger partial charge >= 0.3 is 18.4 Å². The second-order valence-electron chi connectivity index (χ2n) is 6.41. The van der Waals surface area contributed by atoms with Crippen molar-refractivity contribution in [1.29, 1.82) is 0 Å². The Bertz CT molecular complexity index is 1150. The maximum Gasteiger partial charge on any atom is 0.417 e. The van der Waals surface area contributed by atoms with Crippen LogP contribution in [0.1, 0.15) is 16.7 Å². The molecule has 0 aliphatic heterocycles. The molecule has 0 aliphatic carbocycles. The molecule has 0 bridgehead atoms. The largest absolute Gasteiger partial charge is 0.486 e. The van der Waals surface area contributed by atoms with Crippen molar-refractivity contribution < 1.29 is 35.9 Å². The summed E-state index contributed by atoms with van der Waals surface area (Å²) in [5.74, 6) is -0.215. The minimum atomic E-state index is -4.67. The van der Waals surface area contributed by atoms with Crippen molar-refractivity contribution >= 4 is 39.8 Å². The first kappa shape index (κ1) is 24.5. The molecule has 1 aromatic carbocycles. The van der Waals surface area contributed by atoms with Gasteiger partial charge in [-0.15, -0.1) is 11.3 Å². The summed E-state index contributed by atoms with van der Waals surface area (Å²) in [4.78, 5) is 15.6. The van der Waals surface area contributed by atoms with E-state index in [4.69, 9.17) is 22.1 Å². The molecule has 0 aliphatic rings. The predicted octanol–water partition coefficient (Wildman–Crippen LogP) is 6.33. The normalized spacial score (nSPS) is 11.8. The number of carbonyl (C=O) groups excluding carboxylic acids is 1. The summed E-state index contributed by atoms with van der Waals surface area (Å²) >= 11 is 6.82. The molecule has 33 heavy (non-hydrogen) atoms. The van der Waals surface area contributed by atoms with Gasteiger partial charge in [0.25, 0.3) is 0 Å². The lowest BCUT2D eigenvalue weighted by Gasteiger charge is -2.22. The molecule has 0 saturated carbocycles. The Morgan fingerprint density at radius 2 is 1.82 bits per heavy atom. The summed E-state index contributed by atoms with van der Waals surface area (Å²) in [6.07, 6.45) is -8.67. The van der Waals surface area contributed by atoms with E-state index in [1.54, 1.807) is 0 Å². The molecule has 2 heterocycles. The number of primary amides is 1. The quantitative estimate of drug-likeness (QED) is 0.300. The lowest BCUT2D eigenvalue weighted by Crippen LogP contribution is -2.40. The van der Waals surface area contributed by atoms with E-state index in [0.29, 0.717) is 12.3 Å². The van der Waals surface area contributed by atoms with Crippen LogP contribution in [-0.4, -0.2) is 11.0 Å². The van der Waals surface area contributed by atoms with Crippen LogP contribution in [0.4, 0.5) is 42.0 Å². The second kappa shape index (κ2) is 9.35. The molecule has 176 valence electrons. The second-order valence-corrected chi connectivity index (χ2v) is 7.72. The molecule has 2 amide bonds. The van der Waals surface area contributed by atoms with Crippen LogP contribution in [0.5, 0.6) is 5.75 Å². The molecule has 14 heteroatoms. The number of anilines is 2. The highest BCUT2D eigenvalue weighted by molar-refractivity contribution is 7.14. The Hall–Kier alpha value is -3.19. The van der Waals surface area contributed by atoms with Gasteiger partial charge in [-0.2, -0.15) is 31.4 Å². The molecule has 6 nitrogen and oxygen atoms in total. The molecule has 3 rings (SSSR count). The number of nitrogens with one attached hydrogen (secondary N) is 1. The highest BCUT2D eigenvalue weighted by Crippen LogP contribution is 2.37. The molecule has 3 aromatic rings. The van der Waals surface area contributed by atoms with Crippen LogP contribution in [0.3, 0.4) is 0 Å². The molecule has 0 spiro atoms. The molecular weight excluding hydrogens is 498 g/mol. The van der Waals surface area contributed by atoms with Gasteiger partial charge in [0, 0.05) is 6.20 Å². The predicted molar refractivity (Wildman–Crippen MR) is 110 cm³/mol. The van der Waals surface area contributed by atoms with Gasteiger partial charge in [0.2, 0.25) is 0 Å². The minimum Gasteiger partial charge on any atom is -0.486 e. The van der Waals surface area contributed by atoms with Gasteiger partial charge in [0.1, 0.15) is 6.61 Å². The summed E-state index contributed by atoms with van der Waals surface area (Å²) in [5.41, 5.74) is 6.07. The van der Waals surface area contributed by atoms with Crippen LogP contribution < -0.4 is 20.9 Å². The van der Waals surface area contributed by atoms with Crippen molar-refractivity contribution in [1.82, 2.24) is 4.98 Å². The molecule has 0 radical (unpaired) electrons. The third kappa shape index (κ3) is 5.99. The first-order valence-electron chi connectivity index (χ1n) is 8.81. The fraction of sp³-hybridized carbons (Fsp3) is 0.158. The van der Waals surface area contributed by atoms with Crippen molar-refractivity contribution in [2.75, 3.05) is 10.4 Å². The number of amides is 2. The number of urea groups is 1. The van der Waals surface area contributed by atoms with E-state index in [1.807, 2.05) is 0 Å². The number of pyridine rings is 1. The van der Waals surface area contributed by atoms with Crippen molar-refractivity contribution in [2.45, 2.75) is 19.0 Å². The van der Waals surface area contributed by atoms with E-state index in [0.717, 1.165) is 28.5 Å². The molecular formula is C19H13ClF6N4O2S. The molecule has 0 atom stereocenters. The number of nitrogens with two attached hydrogens (primary N) is 1. The van der Waals surface area contributed by atoms with Crippen LogP contribution in [0.25, 0.3) is 0 Å². The van der Waals surface area contributed by atoms with Crippen LogP contribution in [0.2, 0.25) is 5.02 Å². The highest BCUT2D eigenvalue weighted by atomic mass is 35.5. The summed E-state index contributed by atoms with van der Waals surface area (Å²) in [7, 11) is 0. The smallest absolute Gasteiger partial charge is 0.417 e. The van der Waals surface area contributed by atoms with Crippen molar-refractivity contribution in [3.8, 4) is 5.75 Å². The lowest BCUT2D eigenvalue weighted by atomic mass is 10.1. The zero-order chi connectivity index (χ0) is 24.4. The summed E-state index contributed by atoms with van der Waals surface area (Å²) in [5, 5.41) is 1.90. The monoisotopic (exact) mass is 510 g/mol. The number of alkyl halides is 6. The first-order valence-corrected chi connectivity index (χ1v) is 10.1. The van der Waals surface area contributed by atoms with Crippen LogP contribution >= 0.6 is 22.9 Å². The number of hydrogen-bond donors (Lipinski definition) is 2. The van der Waals surface area contributed by atoms with E-state index in [-0.39, 0.29) is 28.7 Å². The number of aromatic nitrogens is 1. The highest BCUT2D eigenvalue weighted by Gasteiger charge is 2.32. The lowest BCUT2D eigenvalue weighted by molar-refractivity contribution is -0.138. The average Bonchev–Trinajstić information content (AvgIpc) is 3.18. The van der Waals surface area contributed by atoms with Gasteiger partial charge in [-0.3, -0.25) is 5.43 Å². The van der Waals surface area contributed by atoms with Gasteiger partial charge in [-0.25, -0.2) is 9.78 Å². The molecule has 3 N–H and O–H groups in total. The van der Waals surface area contributed by atoms with Gasteiger partial charge in [0.05, 0.1) is 16.1 Å². The summed E-state index contributed by atoms with van der Waals surface area (Å²) in [6.45, 7) is -0.264. The van der Waals surface area contributed by atoms with E-state index < -0.39 is 34.5 Å².